The molecule has 0 fully saturated rings. The van der Waals surface area contributed by atoms with Gasteiger partial charge in [0.25, 0.3) is 0 Å². The summed E-state index contributed by atoms with van der Waals surface area (Å²) >= 11 is 0. The van der Waals surface area contributed by atoms with Crippen LogP contribution in [-0.4, -0.2) is 12.6 Å². The highest BCUT2D eigenvalue weighted by atomic mass is 16.5. The lowest BCUT2D eigenvalue weighted by molar-refractivity contribution is -0.137. The van der Waals surface area contributed by atoms with Crippen LogP contribution in [0.2, 0.25) is 0 Å². The van der Waals surface area contributed by atoms with Gasteiger partial charge in [0.05, 0.1) is 6.61 Å². The van der Waals surface area contributed by atoms with Crippen LogP contribution in [-0.2, 0) is 9.53 Å². The second-order valence-corrected chi connectivity index (χ2v) is 12.2. The van der Waals surface area contributed by atoms with Gasteiger partial charge in [-0.25, -0.2) is 4.79 Å². The molecule has 0 amide bonds. The van der Waals surface area contributed by atoms with E-state index in [1.54, 1.807) is 6.08 Å². The summed E-state index contributed by atoms with van der Waals surface area (Å²) in [7, 11) is 0. The van der Waals surface area contributed by atoms with Gasteiger partial charge in [0.15, 0.2) is 0 Å². The van der Waals surface area contributed by atoms with E-state index in [-0.39, 0.29) is 5.97 Å². The van der Waals surface area contributed by atoms with Crippen LogP contribution in [0.5, 0.6) is 0 Å². The van der Waals surface area contributed by atoms with E-state index in [1.807, 2.05) is 13.0 Å². The van der Waals surface area contributed by atoms with Crippen LogP contribution in [0, 0.1) is 0 Å². The number of rotatable bonds is 33. The molecule has 2 nitrogen and oxygen atoms in total. The summed E-state index contributed by atoms with van der Waals surface area (Å²) in [6.45, 7) is 4.56. The van der Waals surface area contributed by atoms with Gasteiger partial charge in [0.2, 0.25) is 0 Å². The normalized spacial score (nSPS) is 11.8. The maximum absolute atomic E-state index is 11.2. The van der Waals surface area contributed by atoms with Crippen molar-refractivity contribution in [2.24, 2.45) is 0 Å². The van der Waals surface area contributed by atoms with Gasteiger partial charge in [-0.1, -0.05) is 205 Å². The third-order valence-corrected chi connectivity index (χ3v) is 8.24. The molecule has 0 saturated heterocycles. The molecule has 0 rings (SSSR count). The molecule has 0 heterocycles. The van der Waals surface area contributed by atoms with Crippen molar-refractivity contribution < 1.29 is 9.53 Å². The highest BCUT2D eigenvalue weighted by molar-refractivity contribution is 5.82. The first-order valence-corrected chi connectivity index (χ1v) is 18.3. The molecule has 0 aromatic rings. The van der Waals surface area contributed by atoms with Crippen LogP contribution in [0.3, 0.4) is 0 Å². The van der Waals surface area contributed by atoms with E-state index in [2.05, 4.69) is 13.0 Å². The number of hydrogen-bond acceptors (Lipinski definition) is 2. The van der Waals surface area contributed by atoms with E-state index >= 15 is 0 Å². The zero-order chi connectivity index (χ0) is 29.0. The van der Waals surface area contributed by atoms with Crippen LogP contribution in [0.25, 0.3) is 0 Å². The molecule has 0 radical (unpaired) electrons. The molecule has 0 atom stereocenters. The highest BCUT2D eigenvalue weighted by Gasteiger charge is 1.97. The second kappa shape index (κ2) is 36.0. The largest absolute Gasteiger partial charge is 0.463 e. The van der Waals surface area contributed by atoms with Gasteiger partial charge < -0.3 is 4.74 Å². The molecular weight excluding hydrogens is 488 g/mol. The Morgan fingerprint density at radius 1 is 0.425 bits per heavy atom. The van der Waals surface area contributed by atoms with Crippen LogP contribution in [0.4, 0.5) is 0 Å². The molecule has 2 heteroatoms. The average Bonchev–Trinajstić information content (AvgIpc) is 2.95. The Bertz CT molecular complexity index is 536. The van der Waals surface area contributed by atoms with Gasteiger partial charge in [-0.3, -0.25) is 0 Å². The first-order chi connectivity index (χ1) is 19.8. The van der Waals surface area contributed by atoms with Gasteiger partial charge in [0.1, 0.15) is 0 Å². The maximum atomic E-state index is 11.2. The monoisotopic (exact) mass is 561 g/mol. The van der Waals surface area contributed by atoms with Gasteiger partial charge in [0, 0.05) is 6.08 Å². The number of carbonyl (C=O) groups is 1. The van der Waals surface area contributed by atoms with Crippen LogP contribution < -0.4 is 0 Å². The van der Waals surface area contributed by atoms with Crippen molar-refractivity contribution in [2.75, 3.05) is 6.61 Å². The Morgan fingerprint density at radius 3 is 1.02 bits per heavy atom. The third kappa shape index (κ3) is 35.0. The summed E-state index contributed by atoms with van der Waals surface area (Å²) in [4.78, 5) is 11.2. The van der Waals surface area contributed by atoms with E-state index in [9.17, 15) is 4.79 Å². The van der Waals surface area contributed by atoms with E-state index in [1.165, 1.54) is 192 Å². The lowest BCUT2D eigenvalue weighted by Gasteiger charge is -2.04. The Hall–Kier alpha value is -1.05. The van der Waals surface area contributed by atoms with Crippen molar-refractivity contribution in [1.29, 1.82) is 0 Å². The number of hydrogen-bond donors (Lipinski definition) is 0. The Kier molecular flexibility index (Phi) is 35.0. The Labute approximate surface area is 252 Å². The quantitative estimate of drug-likeness (QED) is 0.0345. The first kappa shape index (κ1) is 39.0. The first-order valence-electron chi connectivity index (χ1n) is 18.3. The van der Waals surface area contributed by atoms with E-state index in [4.69, 9.17) is 4.74 Å². The number of allylic oxidation sites excluding steroid dienone is 3. The summed E-state index contributed by atoms with van der Waals surface area (Å²) in [5.41, 5.74) is 0. The van der Waals surface area contributed by atoms with Crippen LogP contribution in [0.15, 0.2) is 24.3 Å². The predicted molar refractivity (Wildman–Crippen MR) is 179 cm³/mol. The van der Waals surface area contributed by atoms with Gasteiger partial charge in [-0.15, -0.1) is 0 Å². The molecular formula is C38H72O2. The van der Waals surface area contributed by atoms with E-state index < -0.39 is 0 Å². The van der Waals surface area contributed by atoms with Crippen molar-refractivity contribution >= 4 is 5.97 Å². The lowest BCUT2D eigenvalue weighted by Crippen LogP contribution is -1.98. The fourth-order valence-electron chi connectivity index (χ4n) is 5.61. The topological polar surface area (TPSA) is 26.3 Å². The minimum atomic E-state index is -0.257. The zero-order valence-corrected chi connectivity index (χ0v) is 27.5. The molecule has 0 aromatic carbocycles. The summed E-state index contributed by atoms with van der Waals surface area (Å²) in [5.74, 6) is -0.257. The molecule has 0 bridgehead atoms. The van der Waals surface area contributed by atoms with Gasteiger partial charge in [-0.05, 0) is 19.8 Å². The molecule has 0 aliphatic rings. The van der Waals surface area contributed by atoms with Crippen molar-refractivity contribution in [3.63, 3.8) is 0 Å². The number of carbonyl (C=O) groups excluding carboxylic acids is 1. The van der Waals surface area contributed by atoms with E-state index in [0.29, 0.717) is 6.61 Å². The van der Waals surface area contributed by atoms with Gasteiger partial charge in [-0.2, -0.15) is 0 Å². The van der Waals surface area contributed by atoms with Crippen LogP contribution in [0.1, 0.15) is 206 Å². The smallest absolute Gasteiger partial charge is 0.330 e. The standard InChI is InChI=1S/C38H72O2/c1-3-5-6-7-8-9-10-11-12-13-14-15-16-17-18-19-20-21-22-23-24-25-26-27-28-29-30-31-32-33-34-35-36-37-38(39)40-4-2/h34-37H,3-33H2,1-2H3. The zero-order valence-electron chi connectivity index (χ0n) is 27.5. The lowest BCUT2D eigenvalue weighted by atomic mass is 10.0. The van der Waals surface area contributed by atoms with Crippen molar-refractivity contribution in [3.8, 4) is 0 Å². The predicted octanol–water partition coefficient (Wildman–Crippen LogP) is 13.4. The molecule has 0 N–H and O–H groups in total. The summed E-state index contributed by atoms with van der Waals surface area (Å²) in [6, 6.07) is 0. The molecule has 40 heavy (non-hydrogen) atoms. The molecule has 0 spiro atoms. The molecule has 0 aliphatic heterocycles. The maximum Gasteiger partial charge on any atom is 0.330 e. The van der Waals surface area contributed by atoms with Crippen molar-refractivity contribution in [3.05, 3.63) is 24.3 Å². The molecule has 0 saturated carbocycles. The fraction of sp³-hybridized carbons (Fsp3) is 0.868. The summed E-state index contributed by atoms with van der Waals surface area (Å²) in [6.07, 6.45) is 50.3. The van der Waals surface area contributed by atoms with Gasteiger partial charge >= 0.3 is 5.97 Å². The minimum Gasteiger partial charge on any atom is -0.463 e. The van der Waals surface area contributed by atoms with Crippen LogP contribution >= 0.6 is 0 Å². The highest BCUT2D eigenvalue weighted by Crippen LogP contribution is 2.16. The van der Waals surface area contributed by atoms with E-state index in [0.717, 1.165) is 6.42 Å². The fourth-order valence-corrected chi connectivity index (χ4v) is 5.61. The summed E-state index contributed by atoms with van der Waals surface area (Å²) < 4.78 is 4.85. The average molecular weight is 561 g/mol. The number of esters is 1. The molecule has 0 unspecified atom stereocenters. The molecule has 0 aliphatic carbocycles. The SMILES string of the molecule is CCCCCCCCCCCCCCCCCCCCCCCCCCCCCCCC=CC=CC(=O)OCC. The van der Waals surface area contributed by atoms with Crippen molar-refractivity contribution in [2.45, 2.75) is 206 Å². The minimum absolute atomic E-state index is 0.257. The summed E-state index contributed by atoms with van der Waals surface area (Å²) in [5, 5.41) is 0. The number of unbranched alkanes of at least 4 members (excludes halogenated alkanes) is 29. The Morgan fingerprint density at radius 2 is 0.725 bits per heavy atom. The van der Waals surface area contributed by atoms with Crippen molar-refractivity contribution in [1.82, 2.24) is 0 Å². The molecule has 0 aromatic heterocycles. The molecule has 236 valence electrons. The third-order valence-electron chi connectivity index (χ3n) is 8.24. The second-order valence-electron chi connectivity index (χ2n) is 12.2. The Balaban J connectivity index is 3.11. The number of ether oxygens (including phenoxy) is 1.